The SMILES string of the molecule is Cc1nnc(-c2cnc(N(N)C(=O)[C@H](CC3CCCC3)CN(O)C=O)nc2C(F)(F)F)o1. The quantitative estimate of drug-likeness (QED) is 0.200. The maximum atomic E-state index is 13.6. The summed E-state index contributed by atoms with van der Waals surface area (Å²) >= 11 is 0. The van der Waals surface area contributed by atoms with E-state index < -0.39 is 41.1 Å². The molecule has 0 aliphatic heterocycles. The second-order valence-corrected chi connectivity index (χ2v) is 7.58. The van der Waals surface area contributed by atoms with Crippen molar-refractivity contribution < 1.29 is 32.4 Å². The number of aromatic nitrogens is 4. The van der Waals surface area contributed by atoms with Crippen molar-refractivity contribution in [1.82, 2.24) is 25.2 Å². The second kappa shape index (κ2) is 9.56. The molecule has 1 saturated carbocycles. The zero-order chi connectivity index (χ0) is 23.5. The number of hydrazine groups is 1. The molecule has 0 aromatic carbocycles. The van der Waals surface area contributed by atoms with Crippen molar-refractivity contribution in [2.75, 3.05) is 11.6 Å². The molecule has 0 saturated heterocycles. The Morgan fingerprint density at radius 3 is 2.62 bits per heavy atom. The predicted octanol–water partition coefficient (Wildman–Crippen LogP) is 2.10. The van der Waals surface area contributed by atoms with Gasteiger partial charge >= 0.3 is 6.18 Å². The minimum atomic E-state index is -4.93. The van der Waals surface area contributed by atoms with Crippen LogP contribution in [-0.2, 0) is 15.8 Å². The fourth-order valence-corrected chi connectivity index (χ4v) is 3.73. The van der Waals surface area contributed by atoms with Gasteiger partial charge in [0.2, 0.25) is 24.2 Å². The van der Waals surface area contributed by atoms with Gasteiger partial charge in [-0.1, -0.05) is 25.7 Å². The fourth-order valence-electron chi connectivity index (χ4n) is 3.73. The number of anilines is 1. The van der Waals surface area contributed by atoms with E-state index in [-0.39, 0.29) is 24.8 Å². The number of carbonyl (C=O) groups is 2. The first-order chi connectivity index (χ1) is 15.1. The molecule has 0 unspecified atom stereocenters. The van der Waals surface area contributed by atoms with Gasteiger partial charge in [-0.25, -0.2) is 25.9 Å². The average Bonchev–Trinajstić information content (AvgIpc) is 3.42. The van der Waals surface area contributed by atoms with E-state index in [0.717, 1.165) is 31.9 Å². The Balaban J connectivity index is 1.90. The molecule has 3 rings (SSSR count). The van der Waals surface area contributed by atoms with Crippen molar-refractivity contribution in [1.29, 1.82) is 0 Å². The van der Waals surface area contributed by atoms with Crippen molar-refractivity contribution in [3.8, 4) is 11.5 Å². The van der Waals surface area contributed by atoms with Crippen LogP contribution in [0, 0.1) is 18.8 Å². The largest absolute Gasteiger partial charge is 0.434 e. The predicted molar refractivity (Wildman–Crippen MR) is 101 cm³/mol. The molecule has 174 valence electrons. The molecule has 1 aliphatic carbocycles. The Morgan fingerprint density at radius 1 is 1.38 bits per heavy atom. The molecule has 0 spiro atoms. The van der Waals surface area contributed by atoms with E-state index in [9.17, 15) is 28.0 Å². The van der Waals surface area contributed by atoms with E-state index >= 15 is 0 Å². The molecule has 1 atom stereocenters. The Bertz CT molecular complexity index is 962. The van der Waals surface area contributed by atoms with Crippen LogP contribution in [0.5, 0.6) is 0 Å². The van der Waals surface area contributed by atoms with Crippen molar-refractivity contribution in [2.45, 2.75) is 45.2 Å². The molecule has 2 amide bonds. The minimum absolute atomic E-state index is 0.0475. The molecule has 2 aromatic heterocycles. The number of hydrogen-bond acceptors (Lipinski definition) is 9. The lowest BCUT2D eigenvalue weighted by Crippen LogP contribution is -2.46. The Kier molecular flexibility index (Phi) is 7.03. The van der Waals surface area contributed by atoms with Crippen LogP contribution < -0.4 is 10.9 Å². The summed E-state index contributed by atoms with van der Waals surface area (Å²) in [5.74, 6) is 3.10. The lowest BCUT2D eigenvalue weighted by molar-refractivity contribution is -0.154. The number of aryl methyl sites for hydroxylation is 1. The van der Waals surface area contributed by atoms with Crippen LogP contribution in [0.4, 0.5) is 19.1 Å². The summed E-state index contributed by atoms with van der Waals surface area (Å²) in [7, 11) is 0. The van der Waals surface area contributed by atoms with Crippen LogP contribution in [0.15, 0.2) is 10.6 Å². The third-order valence-corrected chi connectivity index (χ3v) is 5.22. The summed E-state index contributed by atoms with van der Waals surface area (Å²) in [4.78, 5) is 31.0. The highest BCUT2D eigenvalue weighted by Gasteiger charge is 2.39. The number of rotatable bonds is 8. The molecule has 3 N–H and O–H groups in total. The van der Waals surface area contributed by atoms with Crippen molar-refractivity contribution in [3.05, 3.63) is 17.8 Å². The highest BCUT2D eigenvalue weighted by atomic mass is 19.4. The maximum absolute atomic E-state index is 13.6. The van der Waals surface area contributed by atoms with Gasteiger partial charge in [-0.05, 0) is 12.3 Å². The van der Waals surface area contributed by atoms with Gasteiger partial charge in [0.15, 0.2) is 5.69 Å². The smallest absolute Gasteiger partial charge is 0.421 e. The van der Waals surface area contributed by atoms with Crippen LogP contribution >= 0.6 is 0 Å². The highest BCUT2D eigenvalue weighted by molar-refractivity contribution is 5.92. The topological polar surface area (TPSA) is 152 Å². The third-order valence-electron chi connectivity index (χ3n) is 5.22. The number of nitrogens with two attached hydrogens (primary N) is 1. The summed E-state index contributed by atoms with van der Waals surface area (Å²) in [6.45, 7) is 1.05. The van der Waals surface area contributed by atoms with E-state index in [4.69, 9.17) is 10.3 Å². The number of nitrogens with zero attached hydrogens (tertiary/aromatic N) is 6. The standard InChI is InChI=1S/C18H22F3N7O4/c1-10-25-26-15(32-10)13-7-23-17(24-14(13)18(19,20)21)28(22)16(30)12(8-27(31)9-29)6-11-4-2-3-5-11/h7,9,11-12,31H,2-6,8,22H2,1H3/t12-/m1/s1. The molecular weight excluding hydrogens is 435 g/mol. The summed E-state index contributed by atoms with van der Waals surface area (Å²) < 4.78 is 45.9. The van der Waals surface area contributed by atoms with Gasteiger partial charge in [0, 0.05) is 13.1 Å². The highest BCUT2D eigenvalue weighted by Crippen LogP contribution is 2.36. The summed E-state index contributed by atoms with van der Waals surface area (Å²) in [6.07, 6.45) is 0.0229. The average molecular weight is 457 g/mol. The lowest BCUT2D eigenvalue weighted by Gasteiger charge is -2.26. The maximum Gasteiger partial charge on any atom is 0.434 e. The Morgan fingerprint density at radius 2 is 2.06 bits per heavy atom. The molecule has 1 aliphatic rings. The molecule has 0 radical (unpaired) electrons. The number of amides is 2. The van der Waals surface area contributed by atoms with Gasteiger partial charge in [-0.15, -0.1) is 10.2 Å². The molecule has 1 fully saturated rings. The van der Waals surface area contributed by atoms with Gasteiger partial charge in [0.1, 0.15) is 0 Å². The number of alkyl halides is 3. The molecule has 14 heteroatoms. The zero-order valence-corrected chi connectivity index (χ0v) is 17.1. The summed E-state index contributed by atoms with van der Waals surface area (Å²) in [6, 6.07) is 0. The molecule has 2 aromatic rings. The molecule has 11 nitrogen and oxygen atoms in total. The Labute approximate surface area is 180 Å². The summed E-state index contributed by atoms with van der Waals surface area (Å²) in [5.41, 5.74) is -1.97. The van der Waals surface area contributed by atoms with Gasteiger partial charge < -0.3 is 4.42 Å². The van der Waals surface area contributed by atoms with Crippen molar-refractivity contribution in [3.63, 3.8) is 0 Å². The summed E-state index contributed by atoms with van der Waals surface area (Å²) in [5, 5.41) is 17.3. The van der Waals surface area contributed by atoms with E-state index in [0.29, 0.717) is 16.5 Å². The van der Waals surface area contributed by atoms with E-state index in [1.807, 2.05) is 0 Å². The number of hydroxylamine groups is 2. The third kappa shape index (κ3) is 5.37. The van der Waals surface area contributed by atoms with E-state index in [2.05, 4.69) is 20.2 Å². The number of halogens is 3. The van der Waals surface area contributed by atoms with Gasteiger partial charge in [-0.2, -0.15) is 13.2 Å². The molecule has 0 bridgehead atoms. The van der Waals surface area contributed by atoms with Crippen LogP contribution in [0.3, 0.4) is 0 Å². The first kappa shape index (κ1) is 23.5. The fraction of sp³-hybridized carbons (Fsp3) is 0.556. The number of hydrogen-bond donors (Lipinski definition) is 2. The lowest BCUT2D eigenvalue weighted by atomic mass is 9.92. The van der Waals surface area contributed by atoms with E-state index in [1.54, 1.807) is 0 Å². The minimum Gasteiger partial charge on any atom is -0.421 e. The monoisotopic (exact) mass is 457 g/mol. The van der Waals surface area contributed by atoms with Gasteiger partial charge in [-0.3, -0.25) is 14.8 Å². The molecular formula is C18H22F3N7O4. The second-order valence-electron chi connectivity index (χ2n) is 7.58. The van der Waals surface area contributed by atoms with Crippen molar-refractivity contribution in [2.24, 2.45) is 17.7 Å². The van der Waals surface area contributed by atoms with Gasteiger partial charge in [0.25, 0.3) is 5.89 Å². The van der Waals surface area contributed by atoms with Crippen LogP contribution in [-0.4, -0.2) is 49.3 Å². The molecule has 32 heavy (non-hydrogen) atoms. The van der Waals surface area contributed by atoms with Crippen LogP contribution in [0.25, 0.3) is 11.5 Å². The Hall–Kier alpha value is -3.13. The van der Waals surface area contributed by atoms with Crippen LogP contribution in [0.2, 0.25) is 0 Å². The van der Waals surface area contributed by atoms with Gasteiger partial charge in [0.05, 0.1) is 18.0 Å². The molecule has 2 heterocycles. The van der Waals surface area contributed by atoms with E-state index in [1.165, 1.54) is 6.92 Å². The van der Waals surface area contributed by atoms with Crippen molar-refractivity contribution >= 4 is 18.3 Å². The number of carbonyl (C=O) groups excluding carboxylic acids is 2. The first-order valence-corrected chi connectivity index (χ1v) is 9.84. The first-order valence-electron chi connectivity index (χ1n) is 9.84. The normalized spacial score (nSPS) is 15.6. The van der Waals surface area contributed by atoms with Crippen LogP contribution in [0.1, 0.15) is 43.7 Å². The zero-order valence-electron chi connectivity index (χ0n) is 17.1.